The molecule has 0 aliphatic carbocycles. The fourth-order valence-corrected chi connectivity index (χ4v) is 6.29. The average Bonchev–Trinajstić information content (AvgIpc) is 2.88. The second kappa shape index (κ2) is 9.47. The maximum atomic E-state index is 13.3. The Morgan fingerprint density at radius 1 is 0.882 bits per heavy atom. The van der Waals surface area contributed by atoms with Crippen molar-refractivity contribution in [2.45, 2.75) is 24.7 Å². The number of nitrogens with zero attached hydrogens (tertiary/aromatic N) is 6. The van der Waals surface area contributed by atoms with Gasteiger partial charge < -0.3 is 19.4 Å². The van der Waals surface area contributed by atoms with Crippen molar-refractivity contribution in [3.63, 3.8) is 0 Å². The number of amides is 1. The summed E-state index contributed by atoms with van der Waals surface area (Å²) in [6, 6.07) is 9.05. The number of piperazine rings is 1. The van der Waals surface area contributed by atoms with Gasteiger partial charge in [0.2, 0.25) is 15.9 Å². The Morgan fingerprint density at radius 3 is 2.15 bits per heavy atom. The maximum absolute atomic E-state index is 13.3. The van der Waals surface area contributed by atoms with Gasteiger partial charge in [-0.1, -0.05) is 0 Å². The quantitative estimate of drug-likeness (QED) is 0.634. The minimum atomic E-state index is -3.61. The number of aromatic nitrogens is 2. The molecule has 0 radical (unpaired) electrons. The fourth-order valence-electron chi connectivity index (χ4n) is 4.82. The first-order chi connectivity index (χ1) is 16.4. The van der Waals surface area contributed by atoms with Crippen LogP contribution in [-0.2, 0) is 26.0 Å². The Balaban J connectivity index is 1.25. The number of benzene rings is 1. The molecular weight excluding hydrogens is 456 g/mol. The highest BCUT2D eigenvalue weighted by atomic mass is 32.2. The summed E-state index contributed by atoms with van der Waals surface area (Å²) in [4.78, 5) is 18.1. The van der Waals surface area contributed by atoms with Crippen LogP contribution in [0.5, 0.6) is 0 Å². The van der Waals surface area contributed by atoms with Crippen molar-refractivity contribution in [1.29, 1.82) is 0 Å². The molecule has 0 saturated carbocycles. The van der Waals surface area contributed by atoms with E-state index >= 15 is 0 Å². The molecule has 1 amide bonds. The molecule has 1 aromatic heterocycles. The van der Waals surface area contributed by atoms with Crippen molar-refractivity contribution in [2.75, 3.05) is 73.7 Å². The van der Waals surface area contributed by atoms with Crippen molar-refractivity contribution in [3.8, 4) is 0 Å². The molecule has 3 aliphatic heterocycles. The van der Waals surface area contributed by atoms with Gasteiger partial charge in [-0.05, 0) is 48.7 Å². The van der Waals surface area contributed by atoms with E-state index in [0.717, 1.165) is 48.8 Å². The van der Waals surface area contributed by atoms with Crippen LogP contribution in [0.15, 0.2) is 35.2 Å². The first-order valence-corrected chi connectivity index (χ1v) is 13.2. The maximum Gasteiger partial charge on any atom is 0.243 e. The monoisotopic (exact) mass is 486 g/mol. The van der Waals surface area contributed by atoms with Crippen LogP contribution >= 0.6 is 0 Å². The molecule has 182 valence electrons. The van der Waals surface area contributed by atoms with Gasteiger partial charge in [0.15, 0.2) is 11.6 Å². The summed E-state index contributed by atoms with van der Waals surface area (Å²) in [6.07, 6.45) is 1.61. The van der Waals surface area contributed by atoms with Gasteiger partial charge >= 0.3 is 0 Å². The zero-order valence-corrected chi connectivity index (χ0v) is 20.2. The molecule has 0 spiro atoms. The molecule has 2 fully saturated rings. The highest BCUT2D eigenvalue weighted by molar-refractivity contribution is 7.89. The lowest BCUT2D eigenvalue weighted by Crippen LogP contribution is -2.49. The van der Waals surface area contributed by atoms with Crippen LogP contribution < -0.4 is 14.7 Å². The Labute approximate surface area is 200 Å². The first-order valence-electron chi connectivity index (χ1n) is 11.8. The molecule has 2 saturated heterocycles. The van der Waals surface area contributed by atoms with Crippen molar-refractivity contribution < 1.29 is 17.9 Å². The van der Waals surface area contributed by atoms with Crippen LogP contribution in [-0.4, -0.2) is 87.9 Å². The van der Waals surface area contributed by atoms with E-state index in [9.17, 15) is 13.2 Å². The van der Waals surface area contributed by atoms with Gasteiger partial charge in [0, 0.05) is 58.4 Å². The van der Waals surface area contributed by atoms with Crippen LogP contribution in [0.2, 0.25) is 0 Å². The molecule has 3 aliphatic rings. The highest BCUT2D eigenvalue weighted by Crippen LogP contribution is 2.31. The van der Waals surface area contributed by atoms with Crippen LogP contribution in [0.25, 0.3) is 0 Å². The van der Waals surface area contributed by atoms with Crippen LogP contribution in [0.3, 0.4) is 0 Å². The van der Waals surface area contributed by atoms with Crippen molar-refractivity contribution in [2.24, 2.45) is 0 Å². The zero-order chi connectivity index (χ0) is 23.7. The molecule has 0 N–H and O–H groups in total. The summed E-state index contributed by atoms with van der Waals surface area (Å²) >= 11 is 0. The molecule has 5 rings (SSSR count). The smallest absolute Gasteiger partial charge is 0.243 e. The number of carbonyl (C=O) groups is 1. The number of anilines is 3. The molecule has 0 atom stereocenters. The predicted molar refractivity (Wildman–Crippen MR) is 129 cm³/mol. The third kappa shape index (κ3) is 4.47. The predicted octanol–water partition coefficient (Wildman–Crippen LogP) is 1.12. The highest BCUT2D eigenvalue weighted by Gasteiger charge is 2.30. The Bertz CT molecular complexity index is 1140. The Morgan fingerprint density at radius 2 is 1.53 bits per heavy atom. The van der Waals surface area contributed by atoms with Crippen molar-refractivity contribution in [1.82, 2.24) is 14.5 Å². The summed E-state index contributed by atoms with van der Waals surface area (Å²) in [5.74, 6) is 1.57. The fraction of sp³-hybridized carbons (Fsp3) is 0.522. The minimum absolute atomic E-state index is 0.0197. The van der Waals surface area contributed by atoms with Gasteiger partial charge in [0.05, 0.1) is 18.1 Å². The number of hydrogen-bond donors (Lipinski definition) is 0. The first kappa shape index (κ1) is 23.0. The summed E-state index contributed by atoms with van der Waals surface area (Å²) in [7, 11) is -3.61. The van der Waals surface area contributed by atoms with E-state index in [0.29, 0.717) is 50.8 Å². The van der Waals surface area contributed by atoms with E-state index in [-0.39, 0.29) is 5.91 Å². The number of rotatable bonds is 4. The zero-order valence-electron chi connectivity index (χ0n) is 19.4. The molecule has 4 heterocycles. The van der Waals surface area contributed by atoms with Crippen LogP contribution in [0.4, 0.5) is 17.3 Å². The Hall–Kier alpha value is -2.76. The summed E-state index contributed by atoms with van der Waals surface area (Å²) in [5, 5.41) is 8.76. The van der Waals surface area contributed by atoms with Gasteiger partial charge in [-0.25, -0.2) is 8.42 Å². The minimum Gasteiger partial charge on any atom is -0.378 e. The number of hydrogen-bond acceptors (Lipinski definition) is 8. The van der Waals surface area contributed by atoms with E-state index in [2.05, 4.69) is 20.0 Å². The molecule has 1 aromatic carbocycles. The molecule has 0 bridgehead atoms. The number of morpholine rings is 1. The number of fused-ring (bicyclic) bond motifs is 1. The topological polar surface area (TPSA) is 99.2 Å². The van der Waals surface area contributed by atoms with E-state index in [1.807, 2.05) is 12.1 Å². The summed E-state index contributed by atoms with van der Waals surface area (Å²) in [6.45, 7) is 7.07. The molecule has 2 aromatic rings. The van der Waals surface area contributed by atoms with E-state index in [1.54, 1.807) is 30.0 Å². The molecule has 34 heavy (non-hydrogen) atoms. The lowest BCUT2D eigenvalue weighted by atomic mass is 10.0. The molecule has 0 unspecified atom stereocenters. The second-order valence-electron chi connectivity index (χ2n) is 8.81. The lowest BCUT2D eigenvalue weighted by Gasteiger charge is -2.35. The number of ether oxygens (including phenoxy) is 1. The second-order valence-corrected chi connectivity index (χ2v) is 10.7. The standard InChI is InChI=1S/C23H30N6O4S/c1-18(30)29-8-2-3-19-17-20(4-5-21(19)29)34(31,32)28-11-9-26(10-12-28)22-6-7-23(25-24-22)27-13-15-33-16-14-27/h4-7,17H,2-3,8-16H2,1H3. The van der Waals surface area contributed by atoms with E-state index < -0.39 is 10.0 Å². The number of sulfonamides is 1. The third-order valence-electron chi connectivity index (χ3n) is 6.72. The van der Waals surface area contributed by atoms with Gasteiger partial charge in [-0.3, -0.25) is 4.79 Å². The van der Waals surface area contributed by atoms with Crippen LogP contribution in [0.1, 0.15) is 18.9 Å². The molecule has 10 nitrogen and oxygen atoms in total. The Kier molecular flexibility index (Phi) is 6.41. The largest absolute Gasteiger partial charge is 0.378 e. The molecular formula is C23H30N6O4S. The van der Waals surface area contributed by atoms with Gasteiger partial charge in [0.25, 0.3) is 0 Å². The van der Waals surface area contributed by atoms with Gasteiger partial charge in [-0.2, -0.15) is 4.31 Å². The van der Waals surface area contributed by atoms with Gasteiger partial charge in [-0.15, -0.1) is 10.2 Å². The summed E-state index contributed by atoms with van der Waals surface area (Å²) < 4.78 is 33.6. The SMILES string of the molecule is CC(=O)N1CCCc2cc(S(=O)(=O)N3CCN(c4ccc(N5CCOCC5)nn4)CC3)ccc21. The van der Waals surface area contributed by atoms with E-state index in [4.69, 9.17) is 4.74 Å². The van der Waals surface area contributed by atoms with Crippen molar-refractivity contribution in [3.05, 3.63) is 35.9 Å². The third-order valence-corrected chi connectivity index (χ3v) is 8.62. The van der Waals surface area contributed by atoms with Crippen molar-refractivity contribution >= 4 is 33.3 Å². The lowest BCUT2D eigenvalue weighted by molar-refractivity contribution is -0.116. The van der Waals surface area contributed by atoms with Crippen LogP contribution in [0, 0.1) is 0 Å². The number of carbonyl (C=O) groups excluding carboxylic acids is 1. The summed E-state index contributed by atoms with van der Waals surface area (Å²) in [5.41, 5.74) is 1.73. The number of aryl methyl sites for hydroxylation is 1. The normalized spacial score (nSPS) is 19.7. The van der Waals surface area contributed by atoms with Gasteiger partial charge in [0.1, 0.15) is 0 Å². The average molecular weight is 487 g/mol. The van der Waals surface area contributed by atoms with E-state index in [1.165, 1.54) is 4.31 Å². The molecule has 11 heteroatoms.